The van der Waals surface area contributed by atoms with Gasteiger partial charge >= 0.3 is 0 Å². The average molecular weight is 477 g/mol. The molecular weight excluding hydrogens is 452 g/mol. The summed E-state index contributed by atoms with van der Waals surface area (Å²) in [5.74, 6) is 7.86. The smallest absolute Gasteiger partial charge is 0.259 e. The number of aromatic nitrogens is 4. The number of benzene rings is 1. The van der Waals surface area contributed by atoms with Crippen LogP contribution < -0.4 is 15.6 Å². The van der Waals surface area contributed by atoms with Crippen molar-refractivity contribution in [3.63, 3.8) is 0 Å². The normalized spacial score (nSPS) is 20.1. The Hall–Kier alpha value is -3.36. The van der Waals surface area contributed by atoms with E-state index in [1.165, 1.54) is 12.8 Å². The van der Waals surface area contributed by atoms with Gasteiger partial charge in [-0.15, -0.1) is 0 Å². The van der Waals surface area contributed by atoms with E-state index < -0.39 is 5.54 Å². The number of nitrogens with one attached hydrogen (secondary N) is 1. The summed E-state index contributed by atoms with van der Waals surface area (Å²) >= 11 is 6.06. The van der Waals surface area contributed by atoms with Gasteiger partial charge in [-0.2, -0.15) is 0 Å². The highest BCUT2D eigenvalue weighted by atomic mass is 35.5. The average Bonchev–Trinajstić information content (AvgIpc) is 3.35. The number of rotatable bonds is 6. The minimum Gasteiger partial charge on any atom is -0.475 e. The molecule has 0 bridgehead atoms. The van der Waals surface area contributed by atoms with Crippen molar-refractivity contribution >= 4 is 28.7 Å². The van der Waals surface area contributed by atoms with Gasteiger partial charge in [-0.05, 0) is 43.0 Å². The van der Waals surface area contributed by atoms with Gasteiger partial charge in [-0.25, -0.2) is 15.8 Å². The molecule has 34 heavy (non-hydrogen) atoms. The van der Waals surface area contributed by atoms with Gasteiger partial charge in [0.2, 0.25) is 5.65 Å². The van der Waals surface area contributed by atoms with Gasteiger partial charge in [-0.1, -0.05) is 36.6 Å². The second kappa shape index (κ2) is 7.85. The largest absolute Gasteiger partial charge is 0.475 e. The number of anilines is 1. The first-order valence-corrected chi connectivity index (χ1v) is 11.8. The van der Waals surface area contributed by atoms with E-state index >= 15 is 0 Å². The fourth-order valence-electron chi connectivity index (χ4n) is 4.61. The van der Waals surface area contributed by atoms with Crippen LogP contribution in [0.5, 0.6) is 5.88 Å². The number of imidazole rings is 1. The molecule has 1 fully saturated rings. The molecule has 8 nitrogen and oxygen atoms in total. The van der Waals surface area contributed by atoms with Crippen molar-refractivity contribution in [2.75, 3.05) is 11.6 Å². The topological polar surface area (TPSA) is 102 Å². The highest BCUT2D eigenvalue weighted by molar-refractivity contribution is 6.30. The van der Waals surface area contributed by atoms with Crippen LogP contribution in [0.15, 0.2) is 48.9 Å². The molecule has 1 saturated carbocycles. The van der Waals surface area contributed by atoms with E-state index in [1.54, 1.807) is 23.3 Å². The van der Waals surface area contributed by atoms with E-state index in [1.807, 2.05) is 41.9 Å². The zero-order chi connectivity index (χ0) is 23.4. The number of hydrogen-bond donors (Lipinski definition) is 2. The Labute approximate surface area is 201 Å². The highest BCUT2D eigenvalue weighted by Crippen LogP contribution is 2.41. The summed E-state index contributed by atoms with van der Waals surface area (Å²) in [5, 5.41) is 2.15. The molecule has 1 aliphatic carbocycles. The fraction of sp³-hybridized carbons (Fsp3) is 0.320. The Morgan fingerprint density at radius 1 is 1.29 bits per heavy atom. The van der Waals surface area contributed by atoms with E-state index in [0.29, 0.717) is 28.9 Å². The van der Waals surface area contributed by atoms with E-state index in [0.717, 1.165) is 35.0 Å². The summed E-state index contributed by atoms with van der Waals surface area (Å²) in [6.45, 7) is 2.46. The maximum absolute atomic E-state index is 13.3. The van der Waals surface area contributed by atoms with Crippen LogP contribution in [0.25, 0.3) is 17.0 Å². The van der Waals surface area contributed by atoms with E-state index in [9.17, 15) is 4.79 Å². The molecule has 1 atom stereocenters. The molecule has 0 spiro atoms. The van der Waals surface area contributed by atoms with Crippen LogP contribution in [-0.2, 0) is 16.8 Å². The van der Waals surface area contributed by atoms with Crippen molar-refractivity contribution in [3.8, 4) is 17.3 Å². The van der Waals surface area contributed by atoms with Crippen molar-refractivity contribution < 1.29 is 9.53 Å². The van der Waals surface area contributed by atoms with Gasteiger partial charge in [0.15, 0.2) is 5.78 Å². The van der Waals surface area contributed by atoms with Gasteiger partial charge in [0, 0.05) is 29.3 Å². The molecule has 1 aliphatic heterocycles. The number of ketones is 1. The molecule has 1 unspecified atom stereocenters. The number of nitrogens with two attached hydrogens (primary N) is 1. The van der Waals surface area contributed by atoms with Crippen LogP contribution in [0, 0.1) is 5.92 Å². The Morgan fingerprint density at radius 2 is 2.09 bits per heavy atom. The number of carbonyl (C=O) groups is 1. The van der Waals surface area contributed by atoms with Crippen LogP contribution in [-0.4, -0.2) is 31.7 Å². The Morgan fingerprint density at radius 3 is 2.85 bits per heavy atom. The molecule has 1 aromatic carbocycles. The second-order valence-corrected chi connectivity index (χ2v) is 9.70. The third kappa shape index (κ3) is 3.45. The van der Waals surface area contributed by atoms with Crippen LogP contribution in [0.3, 0.4) is 0 Å². The molecule has 6 rings (SSSR count). The van der Waals surface area contributed by atoms with E-state index in [4.69, 9.17) is 27.2 Å². The zero-order valence-corrected chi connectivity index (χ0v) is 19.5. The molecule has 3 aromatic heterocycles. The lowest BCUT2D eigenvalue weighted by atomic mass is 9.82. The summed E-state index contributed by atoms with van der Waals surface area (Å²) in [7, 11) is 0. The van der Waals surface area contributed by atoms with Crippen LogP contribution >= 0.6 is 11.6 Å². The van der Waals surface area contributed by atoms with Crippen LogP contribution in [0.4, 0.5) is 5.69 Å². The van der Waals surface area contributed by atoms with Gasteiger partial charge in [0.05, 0.1) is 24.4 Å². The standard InChI is InChI=1S/C25H25ClN6O2/c1-25(16-4-6-17(26)7-5-16)22(33)13-19-21(32(25)27)12-18(29-19)20-14-31-10-9-28-23(31)24(30-20)34-11-8-15-2-3-15/h4-7,9-10,12,14-15,29H,2-3,8,11,13,27H2,1H3. The maximum atomic E-state index is 13.3. The Balaban J connectivity index is 1.36. The number of fused-ring (bicyclic) bond motifs is 2. The first-order valence-electron chi connectivity index (χ1n) is 11.5. The predicted octanol–water partition coefficient (Wildman–Crippen LogP) is 4.28. The molecule has 0 saturated heterocycles. The molecule has 2 aliphatic rings. The lowest BCUT2D eigenvalue weighted by Gasteiger charge is -2.41. The quantitative estimate of drug-likeness (QED) is 0.403. The van der Waals surface area contributed by atoms with Crippen molar-refractivity contribution in [1.29, 1.82) is 0 Å². The summed E-state index contributed by atoms with van der Waals surface area (Å²) in [6.07, 6.45) is 9.33. The summed E-state index contributed by atoms with van der Waals surface area (Å²) in [6, 6.07) is 9.18. The van der Waals surface area contributed by atoms with Crippen LogP contribution in [0.1, 0.15) is 37.4 Å². The minimum atomic E-state index is -1.00. The molecule has 174 valence electrons. The van der Waals surface area contributed by atoms with Gasteiger partial charge in [0.1, 0.15) is 11.2 Å². The molecule has 3 N–H and O–H groups in total. The molecule has 0 radical (unpaired) electrons. The molecule has 9 heteroatoms. The zero-order valence-electron chi connectivity index (χ0n) is 18.8. The number of Topliss-reactive ketones (excluding diaryl/α,β-unsaturated/α-hetero) is 1. The lowest BCUT2D eigenvalue weighted by molar-refractivity contribution is -0.124. The summed E-state index contributed by atoms with van der Waals surface area (Å²) < 4.78 is 7.92. The molecule has 4 heterocycles. The minimum absolute atomic E-state index is 0.000316. The van der Waals surface area contributed by atoms with Crippen LogP contribution in [0.2, 0.25) is 5.02 Å². The van der Waals surface area contributed by atoms with E-state index in [2.05, 4.69) is 9.97 Å². The van der Waals surface area contributed by atoms with Gasteiger partial charge < -0.3 is 14.1 Å². The number of carbonyl (C=O) groups excluding carboxylic acids is 1. The Bertz CT molecular complexity index is 1390. The number of hydrazine groups is 1. The van der Waals surface area contributed by atoms with Crippen molar-refractivity contribution in [1.82, 2.24) is 19.4 Å². The fourth-order valence-corrected chi connectivity index (χ4v) is 4.74. The van der Waals surface area contributed by atoms with E-state index in [-0.39, 0.29) is 12.2 Å². The number of nitrogens with zero attached hydrogens (tertiary/aromatic N) is 4. The maximum Gasteiger partial charge on any atom is 0.259 e. The monoisotopic (exact) mass is 476 g/mol. The summed E-state index contributed by atoms with van der Waals surface area (Å²) in [5.41, 5.74) is 3.44. The molecule has 4 aromatic rings. The van der Waals surface area contributed by atoms with Crippen molar-refractivity contribution in [2.45, 2.75) is 38.1 Å². The Kier molecular flexibility index (Phi) is 4.89. The third-order valence-electron chi connectivity index (χ3n) is 6.98. The second-order valence-electron chi connectivity index (χ2n) is 9.27. The first-order chi connectivity index (χ1) is 16.4. The molecule has 0 amide bonds. The SMILES string of the molecule is CC1(c2ccc(Cl)cc2)C(=O)Cc2[nH]c(-c3cn4ccnc4c(OCCC4CC4)n3)cc2N1N. The number of ether oxygens (including phenoxy) is 1. The molecular formula is C25H25ClN6O2. The van der Waals surface area contributed by atoms with Gasteiger partial charge in [-0.3, -0.25) is 9.80 Å². The summed E-state index contributed by atoms with van der Waals surface area (Å²) in [4.78, 5) is 25.8. The van der Waals surface area contributed by atoms with Crippen molar-refractivity contribution in [2.24, 2.45) is 11.8 Å². The third-order valence-corrected chi connectivity index (χ3v) is 7.24. The number of halogens is 1. The van der Waals surface area contributed by atoms with Crippen molar-refractivity contribution in [3.05, 3.63) is 65.2 Å². The number of H-pyrrole nitrogens is 1. The predicted molar refractivity (Wildman–Crippen MR) is 130 cm³/mol. The first kappa shape index (κ1) is 21.2. The number of aromatic amines is 1. The highest BCUT2D eigenvalue weighted by Gasteiger charge is 2.45. The number of hydrogen-bond acceptors (Lipinski definition) is 6. The van der Waals surface area contributed by atoms with Gasteiger partial charge in [0.25, 0.3) is 5.88 Å². The lowest BCUT2D eigenvalue weighted by Crippen LogP contribution is -2.57.